The van der Waals surface area contributed by atoms with Crippen molar-refractivity contribution in [1.29, 1.82) is 0 Å². The molecule has 0 aliphatic carbocycles. The first-order valence-electron chi connectivity index (χ1n) is 9.52. The number of hydrogen-bond acceptors (Lipinski definition) is 3. The molecule has 6 heteroatoms. The standard InChI is InChI=1S/C22H29N3O3/c1-5-17-8-6-7-9-19(17)24-21(26)13-23-22(27)15-25(3)14-18-12-16(2)10-11-20(18)28-4/h6-12H,5,13-15H2,1-4H3,(H,23,27)(H,24,26)/p+1. The van der Waals surface area contributed by atoms with E-state index in [1.54, 1.807) is 7.11 Å². The summed E-state index contributed by atoms with van der Waals surface area (Å²) in [5, 5.41) is 5.55. The van der Waals surface area contributed by atoms with Gasteiger partial charge in [-0.15, -0.1) is 0 Å². The minimum Gasteiger partial charge on any atom is -0.496 e. The average Bonchev–Trinajstić information content (AvgIpc) is 2.67. The van der Waals surface area contributed by atoms with E-state index >= 15 is 0 Å². The molecule has 0 radical (unpaired) electrons. The van der Waals surface area contributed by atoms with Crippen molar-refractivity contribution >= 4 is 17.5 Å². The van der Waals surface area contributed by atoms with Gasteiger partial charge in [0, 0.05) is 11.3 Å². The predicted molar refractivity (Wildman–Crippen MR) is 111 cm³/mol. The molecule has 6 nitrogen and oxygen atoms in total. The van der Waals surface area contributed by atoms with Crippen LogP contribution in [0.4, 0.5) is 5.69 Å². The zero-order valence-electron chi connectivity index (χ0n) is 17.1. The largest absolute Gasteiger partial charge is 0.496 e. The lowest BCUT2D eigenvalue weighted by Gasteiger charge is -2.16. The van der Waals surface area contributed by atoms with Gasteiger partial charge in [0.05, 0.1) is 20.7 Å². The third-order valence-electron chi connectivity index (χ3n) is 4.51. The highest BCUT2D eigenvalue weighted by Crippen LogP contribution is 2.18. The van der Waals surface area contributed by atoms with Gasteiger partial charge < -0.3 is 20.3 Å². The number of methoxy groups -OCH3 is 1. The van der Waals surface area contributed by atoms with E-state index in [0.29, 0.717) is 6.54 Å². The highest BCUT2D eigenvalue weighted by molar-refractivity contribution is 5.95. The lowest BCUT2D eigenvalue weighted by molar-refractivity contribution is -0.885. The van der Waals surface area contributed by atoms with Crippen LogP contribution in [0, 0.1) is 6.92 Å². The van der Waals surface area contributed by atoms with Gasteiger partial charge in [-0.3, -0.25) is 9.59 Å². The Morgan fingerprint density at radius 3 is 2.54 bits per heavy atom. The normalized spacial score (nSPS) is 11.6. The van der Waals surface area contributed by atoms with Crippen LogP contribution < -0.4 is 20.3 Å². The maximum atomic E-state index is 12.2. The van der Waals surface area contributed by atoms with E-state index in [2.05, 4.69) is 16.7 Å². The molecule has 1 atom stereocenters. The van der Waals surface area contributed by atoms with Crippen molar-refractivity contribution in [2.45, 2.75) is 26.8 Å². The van der Waals surface area contributed by atoms with E-state index in [0.717, 1.165) is 39.4 Å². The van der Waals surface area contributed by atoms with Crippen molar-refractivity contribution in [3.63, 3.8) is 0 Å². The number of quaternary nitrogens is 1. The molecule has 0 fully saturated rings. The van der Waals surface area contributed by atoms with Crippen LogP contribution in [-0.2, 0) is 22.6 Å². The minimum atomic E-state index is -0.229. The molecule has 3 N–H and O–H groups in total. The highest BCUT2D eigenvalue weighted by Gasteiger charge is 2.14. The van der Waals surface area contributed by atoms with E-state index in [9.17, 15) is 9.59 Å². The second-order valence-electron chi connectivity index (χ2n) is 6.96. The van der Waals surface area contributed by atoms with Crippen molar-refractivity contribution in [3.8, 4) is 5.75 Å². The summed E-state index contributed by atoms with van der Waals surface area (Å²) in [5.74, 6) is 0.426. The SMILES string of the molecule is CCc1ccccc1NC(=O)CNC(=O)C[NH+](C)Cc1cc(C)ccc1OC. The molecular weight excluding hydrogens is 354 g/mol. The first-order chi connectivity index (χ1) is 13.4. The maximum absolute atomic E-state index is 12.2. The fraction of sp³-hybridized carbons (Fsp3) is 0.364. The summed E-state index contributed by atoms with van der Waals surface area (Å²) >= 11 is 0. The first kappa shape index (κ1) is 21.4. The summed E-state index contributed by atoms with van der Waals surface area (Å²) in [4.78, 5) is 25.3. The molecule has 28 heavy (non-hydrogen) atoms. The van der Waals surface area contributed by atoms with Gasteiger partial charge in [0.15, 0.2) is 6.54 Å². The van der Waals surface area contributed by atoms with Gasteiger partial charge in [-0.25, -0.2) is 0 Å². The van der Waals surface area contributed by atoms with E-state index in [1.807, 2.05) is 57.3 Å². The lowest BCUT2D eigenvalue weighted by Crippen LogP contribution is -3.08. The number of carbonyl (C=O) groups is 2. The van der Waals surface area contributed by atoms with Crippen LogP contribution in [-0.4, -0.2) is 39.1 Å². The molecule has 0 spiro atoms. The van der Waals surface area contributed by atoms with Gasteiger partial charge in [0.25, 0.3) is 5.91 Å². The van der Waals surface area contributed by atoms with Gasteiger partial charge in [0.1, 0.15) is 12.3 Å². The molecule has 0 aliphatic rings. The third-order valence-corrected chi connectivity index (χ3v) is 4.51. The van der Waals surface area contributed by atoms with Gasteiger partial charge in [-0.2, -0.15) is 0 Å². The van der Waals surface area contributed by atoms with Gasteiger partial charge in [-0.1, -0.05) is 36.8 Å². The number of rotatable bonds is 9. The first-order valence-corrected chi connectivity index (χ1v) is 9.52. The summed E-state index contributed by atoms with van der Waals surface area (Å²) in [6.45, 7) is 4.96. The molecule has 2 rings (SSSR count). The number of carbonyl (C=O) groups excluding carboxylic acids is 2. The predicted octanol–water partition coefficient (Wildman–Crippen LogP) is 1.34. The summed E-state index contributed by atoms with van der Waals surface area (Å²) in [5.41, 5.74) is 4.07. The highest BCUT2D eigenvalue weighted by atomic mass is 16.5. The molecule has 2 aromatic carbocycles. The van der Waals surface area contributed by atoms with Gasteiger partial charge in [0.2, 0.25) is 5.91 Å². The molecule has 1 unspecified atom stereocenters. The van der Waals surface area contributed by atoms with Gasteiger partial charge >= 0.3 is 0 Å². The molecule has 2 aromatic rings. The topological polar surface area (TPSA) is 71.9 Å². The summed E-state index contributed by atoms with van der Waals surface area (Å²) < 4.78 is 5.39. The van der Waals surface area contributed by atoms with Crippen LogP contribution in [0.15, 0.2) is 42.5 Å². The van der Waals surface area contributed by atoms with Crippen LogP contribution in [0.1, 0.15) is 23.6 Å². The summed E-state index contributed by atoms with van der Waals surface area (Å²) in [7, 11) is 3.59. The Kier molecular flexibility index (Phi) is 8.02. The van der Waals surface area contributed by atoms with Crippen molar-refractivity contribution in [2.24, 2.45) is 0 Å². The number of likely N-dealkylation sites (N-methyl/N-ethyl adjacent to an activating group) is 1. The van der Waals surface area contributed by atoms with Crippen molar-refractivity contribution in [1.82, 2.24) is 5.32 Å². The Hall–Kier alpha value is -2.86. The molecule has 0 aliphatic heterocycles. The van der Waals surface area contributed by atoms with E-state index in [1.165, 1.54) is 0 Å². The Morgan fingerprint density at radius 1 is 1.07 bits per heavy atom. The zero-order chi connectivity index (χ0) is 20.5. The summed E-state index contributed by atoms with van der Waals surface area (Å²) in [6.07, 6.45) is 0.833. The Morgan fingerprint density at radius 2 is 1.82 bits per heavy atom. The van der Waals surface area contributed by atoms with Crippen LogP contribution in [0.25, 0.3) is 0 Å². The fourth-order valence-electron chi connectivity index (χ4n) is 3.09. The second-order valence-corrected chi connectivity index (χ2v) is 6.96. The molecule has 0 saturated heterocycles. The number of aryl methyl sites for hydroxylation is 2. The van der Waals surface area contributed by atoms with Crippen LogP contribution in [0.3, 0.4) is 0 Å². The van der Waals surface area contributed by atoms with Crippen LogP contribution >= 0.6 is 0 Å². The Balaban J connectivity index is 1.82. The molecule has 2 amide bonds. The maximum Gasteiger partial charge on any atom is 0.275 e. The van der Waals surface area contributed by atoms with Gasteiger partial charge in [-0.05, 0) is 37.1 Å². The fourth-order valence-corrected chi connectivity index (χ4v) is 3.09. The molecule has 0 heterocycles. The number of anilines is 1. The Bertz CT molecular complexity index is 820. The zero-order valence-corrected chi connectivity index (χ0v) is 17.1. The van der Waals surface area contributed by atoms with Crippen molar-refractivity contribution < 1.29 is 19.2 Å². The number of benzene rings is 2. The molecule has 150 valence electrons. The summed E-state index contributed by atoms with van der Waals surface area (Å²) in [6, 6.07) is 13.7. The Labute approximate surface area is 166 Å². The minimum absolute atomic E-state index is 0.0437. The number of para-hydroxylation sites is 1. The molecular formula is C22H30N3O3+. The number of amides is 2. The van der Waals surface area contributed by atoms with E-state index in [-0.39, 0.29) is 24.9 Å². The molecule has 0 saturated carbocycles. The number of ether oxygens (including phenoxy) is 1. The number of hydrogen-bond donors (Lipinski definition) is 3. The number of nitrogens with one attached hydrogen (secondary N) is 3. The van der Waals surface area contributed by atoms with E-state index < -0.39 is 0 Å². The third kappa shape index (κ3) is 6.39. The smallest absolute Gasteiger partial charge is 0.275 e. The van der Waals surface area contributed by atoms with Crippen molar-refractivity contribution in [3.05, 3.63) is 59.2 Å². The quantitative estimate of drug-likeness (QED) is 0.611. The van der Waals surface area contributed by atoms with Crippen molar-refractivity contribution in [2.75, 3.05) is 32.6 Å². The lowest BCUT2D eigenvalue weighted by atomic mass is 10.1. The molecule has 0 aromatic heterocycles. The average molecular weight is 385 g/mol. The molecule has 0 bridgehead atoms. The van der Waals surface area contributed by atoms with Crippen LogP contribution in [0.5, 0.6) is 5.75 Å². The van der Waals surface area contributed by atoms with E-state index in [4.69, 9.17) is 4.74 Å². The monoisotopic (exact) mass is 384 g/mol. The van der Waals surface area contributed by atoms with Crippen LogP contribution in [0.2, 0.25) is 0 Å². The second kappa shape index (κ2) is 10.5.